The number of carboxylic acids is 1. The number of ether oxygens (including phenoxy) is 2. The predicted molar refractivity (Wildman–Crippen MR) is 158 cm³/mol. The van der Waals surface area contributed by atoms with Crippen LogP contribution in [-0.2, 0) is 16.1 Å². The molecule has 2 aromatic carbocycles. The van der Waals surface area contributed by atoms with Gasteiger partial charge in [0.05, 0.1) is 24.7 Å². The lowest BCUT2D eigenvalue weighted by atomic mass is 10.0. The molecule has 0 saturated carbocycles. The molecule has 41 heavy (non-hydrogen) atoms. The number of rotatable bonds is 10. The van der Waals surface area contributed by atoms with Crippen molar-refractivity contribution < 1.29 is 33.0 Å². The number of carboxylic acid groups (broad SMARTS) is 1. The molecular weight excluding hydrogens is 593 g/mol. The first-order chi connectivity index (χ1) is 19.8. The van der Waals surface area contributed by atoms with Crippen LogP contribution < -0.4 is 10.2 Å². The molecule has 2 fully saturated rings. The van der Waals surface area contributed by atoms with Gasteiger partial charge in [0, 0.05) is 30.1 Å². The highest BCUT2D eigenvalue weighted by molar-refractivity contribution is 8.26. The minimum atomic E-state index is -1.01. The molecule has 1 amide bonds. The molecule has 3 aromatic rings. The van der Waals surface area contributed by atoms with Gasteiger partial charge in [-0.3, -0.25) is 9.69 Å². The van der Waals surface area contributed by atoms with Crippen molar-refractivity contribution in [1.82, 2.24) is 15.3 Å². The number of halogens is 2. The zero-order valence-corrected chi connectivity index (χ0v) is 24.1. The van der Waals surface area contributed by atoms with Crippen LogP contribution in [0, 0.1) is 11.6 Å². The molecule has 214 valence electrons. The number of thioether (sulfide) groups is 1. The third-order valence-electron chi connectivity index (χ3n) is 6.40. The van der Waals surface area contributed by atoms with Gasteiger partial charge in [0.25, 0.3) is 5.91 Å². The van der Waals surface area contributed by atoms with E-state index in [1.54, 1.807) is 30.3 Å². The number of amides is 1. The summed E-state index contributed by atoms with van der Waals surface area (Å²) in [5.41, 5.74) is 4.65. The Morgan fingerprint density at radius 3 is 2.59 bits per heavy atom. The SMILES string of the molecule is O=C(O)c1ccc(CNN2C(=O)C(=Cc3cc(-c4ccc(F)c(F)c4)ccc3OCCN3CCOCC3)SC2=S)s1. The molecular formula is C28H25F2N3O5S3. The van der Waals surface area contributed by atoms with Crippen LogP contribution in [-0.4, -0.2) is 70.7 Å². The van der Waals surface area contributed by atoms with Gasteiger partial charge in [0.15, 0.2) is 16.0 Å². The average molecular weight is 618 g/mol. The molecule has 2 aliphatic heterocycles. The third-order valence-corrected chi connectivity index (χ3v) is 8.77. The molecule has 13 heteroatoms. The highest BCUT2D eigenvalue weighted by atomic mass is 32.2. The lowest BCUT2D eigenvalue weighted by molar-refractivity contribution is -0.124. The number of thiocarbonyl (C=S) groups is 1. The number of morpholine rings is 1. The van der Waals surface area contributed by atoms with Crippen molar-refractivity contribution >= 4 is 57.6 Å². The van der Waals surface area contributed by atoms with Gasteiger partial charge < -0.3 is 14.6 Å². The maximum absolute atomic E-state index is 14.0. The van der Waals surface area contributed by atoms with E-state index < -0.39 is 17.6 Å². The minimum absolute atomic E-state index is 0.203. The summed E-state index contributed by atoms with van der Waals surface area (Å²) in [7, 11) is 0. The zero-order valence-electron chi connectivity index (χ0n) is 21.6. The number of benzene rings is 2. The summed E-state index contributed by atoms with van der Waals surface area (Å²) in [6.45, 7) is 4.33. The molecule has 8 nitrogen and oxygen atoms in total. The maximum Gasteiger partial charge on any atom is 0.345 e. The highest BCUT2D eigenvalue weighted by Crippen LogP contribution is 2.35. The molecule has 0 aliphatic carbocycles. The van der Waals surface area contributed by atoms with Crippen LogP contribution in [0.5, 0.6) is 5.75 Å². The first kappa shape index (κ1) is 29.3. The summed E-state index contributed by atoms with van der Waals surface area (Å²) in [4.78, 5) is 27.9. The summed E-state index contributed by atoms with van der Waals surface area (Å²) in [6.07, 6.45) is 1.67. The lowest BCUT2D eigenvalue weighted by Gasteiger charge is -2.26. The van der Waals surface area contributed by atoms with E-state index in [2.05, 4.69) is 10.3 Å². The summed E-state index contributed by atoms with van der Waals surface area (Å²) in [6, 6.07) is 12.1. The van der Waals surface area contributed by atoms with E-state index in [1.807, 2.05) is 0 Å². The van der Waals surface area contributed by atoms with Gasteiger partial charge in [-0.2, -0.15) is 0 Å². The van der Waals surface area contributed by atoms with Crippen molar-refractivity contribution in [3.8, 4) is 16.9 Å². The van der Waals surface area contributed by atoms with Gasteiger partial charge in [-0.05, 0) is 53.6 Å². The van der Waals surface area contributed by atoms with Crippen molar-refractivity contribution in [2.24, 2.45) is 0 Å². The Bertz CT molecular complexity index is 1510. The molecule has 3 heterocycles. The second-order valence-electron chi connectivity index (χ2n) is 9.11. The Labute approximate surface area is 248 Å². The molecule has 2 N–H and O–H groups in total. The van der Waals surface area contributed by atoms with Crippen LogP contribution in [0.25, 0.3) is 17.2 Å². The van der Waals surface area contributed by atoms with Gasteiger partial charge >= 0.3 is 5.97 Å². The average Bonchev–Trinajstić information content (AvgIpc) is 3.54. The van der Waals surface area contributed by atoms with E-state index in [0.717, 1.165) is 53.2 Å². The van der Waals surface area contributed by atoms with Crippen LogP contribution in [0.4, 0.5) is 8.78 Å². The van der Waals surface area contributed by atoms with Crippen LogP contribution >= 0.6 is 35.3 Å². The number of thiophene rings is 1. The number of nitrogens with zero attached hydrogens (tertiary/aromatic N) is 2. The van der Waals surface area contributed by atoms with Crippen LogP contribution in [0.3, 0.4) is 0 Å². The molecule has 2 saturated heterocycles. The number of carbonyl (C=O) groups excluding carboxylic acids is 1. The largest absolute Gasteiger partial charge is 0.492 e. The van der Waals surface area contributed by atoms with E-state index in [1.165, 1.54) is 17.1 Å². The third kappa shape index (κ3) is 7.18. The fraction of sp³-hybridized carbons (Fsp3) is 0.250. The van der Waals surface area contributed by atoms with E-state index in [4.69, 9.17) is 26.8 Å². The molecule has 2 aliphatic rings. The van der Waals surface area contributed by atoms with Crippen molar-refractivity contribution in [2.45, 2.75) is 6.54 Å². The Hall–Kier alpha value is -3.20. The summed E-state index contributed by atoms with van der Waals surface area (Å²) in [5.74, 6) is -2.74. The minimum Gasteiger partial charge on any atom is -0.492 e. The zero-order chi connectivity index (χ0) is 28.9. The van der Waals surface area contributed by atoms with E-state index in [9.17, 15) is 18.4 Å². The number of hydrazine groups is 1. The van der Waals surface area contributed by atoms with Crippen molar-refractivity contribution in [3.63, 3.8) is 0 Å². The van der Waals surface area contributed by atoms with Crippen LogP contribution in [0.2, 0.25) is 0 Å². The molecule has 0 bridgehead atoms. The van der Waals surface area contributed by atoms with Gasteiger partial charge in [0.1, 0.15) is 17.2 Å². The van der Waals surface area contributed by atoms with Gasteiger partial charge in [-0.25, -0.2) is 24.0 Å². The standard InChI is InChI=1S/C28H25F2N3O5S3/c29-21-4-1-18(14-22(21)30)17-2-5-23(38-12-9-32-7-10-37-11-8-32)19(13-17)15-25-26(34)33(28(39)41-25)31-16-20-3-6-24(40-20)27(35)36/h1-6,13-15,31H,7-12,16H2,(H,35,36). The van der Waals surface area contributed by atoms with Crippen molar-refractivity contribution in [1.29, 1.82) is 0 Å². The summed E-state index contributed by atoms with van der Waals surface area (Å²) >= 11 is 7.65. The fourth-order valence-corrected chi connectivity index (χ4v) is 6.23. The molecule has 0 spiro atoms. The van der Waals surface area contributed by atoms with Crippen molar-refractivity contribution in [3.05, 3.63) is 80.4 Å². The number of aromatic carboxylic acids is 1. The second kappa shape index (κ2) is 13.2. The van der Waals surface area contributed by atoms with Gasteiger partial charge in [-0.1, -0.05) is 36.1 Å². The van der Waals surface area contributed by atoms with E-state index in [-0.39, 0.29) is 17.3 Å². The maximum atomic E-state index is 14.0. The molecule has 5 rings (SSSR count). The second-order valence-corrected chi connectivity index (χ2v) is 12.0. The Morgan fingerprint density at radius 1 is 1.10 bits per heavy atom. The topological polar surface area (TPSA) is 91.3 Å². The number of hydrogen-bond acceptors (Lipinski definition) is 9. The smallest absolute Gasteiger partial charge is 0.345 e. The van der Waals surface area contributed by atoms with E-state index in [0.29, 0.717) is 58.0 Å². The van der Waals surface area contributed by atoms with E-state index >= 15 is 0 Å². The molecule has 0 atom stereocenters. The summed E-state index contributed by atoms with van der Waals surface area (Å²) in [5, 5.41) is 10.4. The highest BCUT2D eigenvalue weighted by Gasteiger charge is 2.32. The molecule has 0 radical (unpaired) electrons. The Kier molecular flexibility index (Phi) is 9.42. The van der Waals surface area contributed by atoms with Gasteiger partial charge in [-0.15, -0.1) is 11.3 Å². The monoisotopic (exact) mass is 617 g/mol. The molecule has 0 unspecified atom stereocenters. The first-order valence-corrected chi connectivity index (χ1v) is 14.7. The van der Waals surface area contributed by atoms with Crippen LogP contribution in [0.1, 0.15) is 20.1 Å². The summed E-state index contributed by atoms with van der Waals surface area (Å²) < 4.78 is 39.3. The quantitative estimate of drug-likeness (QED) is 0.241. The Balaban J connectivity index is 1.36. The van der Waals surface area contributed by atoms with Gasteiger partial charge in [0.2, 0.25) is 0 Å². The number of hydrogen-bond donors (Lipinski definition) is 2. The Morgan fingerprint density at radius 2 is 1.85 bits per heavy atom. The van der Waals surface area contributed by atoms with Crippen molar-refractivity contribution in [2.75, 3.05) is 39.5 Å². The normalized spacial score (nSPS) is 17.0. The lowest BCUT2D eigenvalue weighted by Crippen LogP contribution is -2.40. The number of nitrogens with one attached hydrogen (secondary N) is 1. The first-order valence-electron chi connectivity index (χ1n) is 12.6. The van der Waals surface area contributed by atoms with Crippen LogP contribution in [0.15, 0.2) is 53.4 Å². The molecule has 1 aromatic heterocycles. The number of carbonyl (C=O) groups is 2. The fourth-order valence-electron chi connectivity index (χ4n) is 4.25. The predicted octanol–water partition coefficient (Wildman–Crippen LogP) is 5.01.